The maximum Gasteiger partial charge on any atom is 0.292 e. The van der Waals surface area contributed by atoms with Crippen molar-refractivity contribution in [3.8, 4) is 0 Å². The Hall–Kier alpha value is 1.09. The summed E-state index contributed by atoms with van der Waals surface area (Å²) in [5.41, 5.74) is 0. The predicted molar refractivity (Wildman–Crippen MR) is 42.0 cm³/mol. The summed E-state index contributed by atoms with van der Waals surface area (Å²) in [7, 11) is -1.27. The first-order chi connectivity index (χ1) is 3.68. The highest BCUT2D eigenvalue weighted by Crippen LogP contribution is 2.14. The lowest BCUT2D eigenvalue weighted by molar-refractivity contribution is 0.856. The number of alkyl halides is 1. The third kappa shape index (κ3) is 4.01. The standard InChI is InChI=1S/C4H8Cl3Si/c1-2-3-4(5)8(6)7/h4H,2-3H2,1H3. The molecule has 0 amide bonds. The van der Waals surface area contributed by atoms with Crippen molar-refractivity contribution >= 4 is 41.2 Å². The second kappa shape index (κ2) is 4.92. The molecule has 0 nitrogen and oxygen atoms in total. The Morgan fingerprint density at radius 3 is 2.12 bits per heavy atom. The molecule has 0 rings (SSSR count). The quantitative estimate of drug-likeness (QED) is 0.365. The van der Waals surface area contributed by atoms with Gasteiger partial charge in [-0.25, -0.2) is 0 Å². The van der Waals surface area contributed by atoms with E-state index in [1.165, 1.54) is 0 Å². The van der Waals surface area contributed by atoms with Crippen LogP contribution in [0.3, 0.4) is 0 Å². The van der Waals surface area contributed by atoms with E-state index in [2.05, 4.69) is 6.92 Å². The van der Waals surface area contributed by atoms with Gasteiger partial charge in [0, 0.05) is 0 Å². The molecule has 4 heteroatoms. The number of hydrogen-bond acceptors (Lipinski definition) is 0. The summed E-state index contributed by atoms with van der Waals surface area (Å²) in [6, 6.07) is 0. The van der Waals surface area contributed by atoms with Gasteiger partial charge in [0.25, 0.3) is 7.42 Å². The summed E-state index contributed by atoms with van der Waals surface area (Å²) in [6.45, 7) is 2.06. The highest BCUT2D eigenvalue weighted by atomic mass is 35.7. The Morgan fingerprint density at radius 1 is 1.50 bits per heavy atom. The highest BCUT2D eigenvalue weighted by Gasteiger charge is 2.15. The van der Waals surface area contributed by atoms with Gasteiger partial charge in [-0.15, -0.1) is 33.8 Å². The van der Waals surface area contributed by atoms with E-state index in [1.54, 1.807) is 0 Å². The maximum atomic E-state index is 5.70. The summed E-state index contributed by atoms with van der Waals surface area (Å²) < 4.78 is 0. The monoisotopic (exact) mass is 189 g/mol. The Bertz CT molecular complexity index is 57.2. The van der Waals surface area contributed by atoms with Gasteiger partial charge in [-0.2, -0.15) is 0 Å². The Balaban J connectivity index is 3.17. The molecule has 0 bridgehead atoms. The summed E-state index contributed by atoms with van der Waals surface area (Å²) >= 11 is 16.8. The molecule has 1 radical (unpaired) electrons. The molecule has 0 aromatic carbocycles. The molecule has 8 heavy (non-hydrogen) atoms. The molecule has 0 spiro atoms. The maximum absolute atomic E-state index is 5.70. The van der Waals surface area contributed by atoms with E-state index in [1.807, 2.05) is 0 Å². The summed E-state index contributed by atoms with van der Waals surface area (Å²) in [5.74, 6) is 0. The summed E-state index contributed by atoms with van der Waals surface area (Å²) in [4.78, 5) is 0. The molecule has 49 valence electrons. The third-order valence-electron chi connectivity index (χ3n) is 0.779. The van der Waals surface area contributed by atoms with Gasteiger partial charge in [-0.05, 0) is 6.42 Å². The van der Waals surface area contributed by atoms with Gasteiger partial charge in [0.15, 0.2) is 0 Å². The molecule has 0 aromatic heterocycles. The van der Waals surface area contributed by atoms with Gasteiger partial charge in [0.1, 0.15) is 0 Å². The van der Waals surface area contributed by atoms with E-state index in [9.17, 15) is 0 Å². The molecule has 0 heterocycles. The van der Waals surface area contributed by atoms with Crippen molar-refractivity contribution in [3.63, 3.8) is 0 Å². The van der Waals surface area contributed by atoms with Gasteiger partial charge in [-0.3, -0.25) is 0 Å². The topological polar surface area (TPSA) is 0 Å². The zero-order valence-corrected chi connectivity index (χ0v) is 7.89. The van der Waals surface area contributed by atoms with Gasteiger partial charge in [0.05, 0.1) is 5.00 Å². The van der Waals surface area contributed by atoms with E-state index < -0.39 is 7.42 Å². The van der Waals surface area contributed by atoms with Gasteiger partial charge in [-0.1, -0.05) is 13.3 Å². The normalized spacial score (nSPS) is 14.6. The van der Waals surface area contributed by atoms with Gasteiger partial charge in [0.2, 0.25) is 0 Å². The van der Waals surface area contributed by atoms with Crippen LogP contribution in [0.15, 0.2) is 0 Å². The minimum atomic E-state index is -1.27. The number of halogens is 3. The van der Waals surface area contributed by atoms with Crippen LogP contribution in [0.5, 0.6) is 0 Å². The van der Waals surface area contributed by atoms with E-state index in [0.717, 1.165) is 12.8 Å². The van der Waals surface area contributed by atoms with Crippen molar-refractivity contribution in [2.75, 3.05) is 0 Å². The van der Waals surface area contributed by atoms with E-state index in [4.69, 9.17) is 33.8 Å². The second-order valence-corrected chi connectivity index (χ2v) is 6.74. The van der Waals surface area contributed by atoms with Crippen molar-refractivity contribution in [3.05, 3.63) is 0 Å². The predicted octanol–water partition coefficient (Wildman–Crippen LogP) is 2.90. The summed E-state index contributed by atoms with van der Waals surface area (Å²) in [5, 5.41) is 0.0216. The van der Waals surface area contributed by atoms with Crippen molar-refractivity contribution in [2.24, 2.45) is 0 Å². The molecule has 0 aliphatic heterocycles. The lowest BCUT2D eigenvalue weighted by Gasteiger charge is -2.03. The molecule has 0 aliphatic carbocycles. The molecule has 0 saturated carbocycles. The average Bonchev–Trinajstić information content (AvgIpc) is 1.67. The lowest BCUT2D eigenvalue weighted by Crippen LogP contribution is -2.12. The zero-order chi connectivity index (χ0) is 6.57. The minimum Gasteiger partial charge on any atom is -0.145 e. The number of rotatable bonds is 3. The fourth-order valence-corrected chi connectivity index (χ4v) is 1.74. The van der Waals surface area contributed by atoms with Crippen LogP contribution >= 0.6 is 33.8 Å². The second-order valence-electron chi connectivity index (χ2n) is 1.55. The van der Waals surface area contributed by atoms with Crippen molar-refractivity contribution in [2.45, 2.75) is 24.8 Å². The first-order valence-electron chi connectivity index (χ1n) is 2.50. The first-order valence-corrected chi connectivity index (χ1v) is 6.54. The molecule has 0 N–H and O–H groups in total. The Morgan fingerprint density at radius 2 is 2.00 bits per heavy atom. The van der Waals surface area contributed by atoms with E-state index >= 15 is 0 Å². The molecular formula is C4H8Cl3Si. The average molecular weight is 191 g/mol. The van der Waals surface area contributed by atoms with Gasteiger partial charge < -0.3 is 0 Å². The lowest BCUT2D eigenvalue weighted by atomic mass is 10.4. The Labute approximate surface area is 66.1 Å². The van der Waals surface area contributed by atoms with Crippen LogP contribution in [0, 0.1) is 0 Å². The number of hydrogen-bond donors (Lipinski definition) is 0. The van der Waals surface area contributed by atoms with Crippen LogP contribution in [0.2, 0.25) is 0 Å². The van der Waals surface area contributed by atoms with Crippen LogP contribution in [-0.4, -0.2) is 12.4 Å². The van der Waals surface area contributed by atoms with E-state index in [-0.39, 0.29) is 5.00 Å². The largest absolute Gasteiger partial charge is 0.292 e. The molecule has 1 unspecified atom stereocenters. The van der Waals surface area contributed by atoms with E-state index in [0.29, 0.717) is 0 Å². The Kier molecular flexibility index (Phi) is 5.59. The molecular weight excluding hydrogens is 182 g/mol. The zero-order valence-electron chi connectivity index (χ0n) is 4.63. The fraction of sp³-hybridized carbons (Fsp3) is 1.00. The smallest absolute Gasteiger partial charge is 0.145 e. The van der Waals surface area contributed by atoms with Crippen LogP contribution in [-0.2, 0) is 0 Å². The third-order valence-corrected chi connectivity index (χ3v) is 4.66. The van der Waals surface area contributed by atoms with Crippen molar-refractivity contribution in [1.29, 1.82) is 0 Å². The highest BCUT2D eigenvalue weighted by molar-refractivity contribution is 7.36. The van der Waals surface area contributed by atoms with Crippen molar-refractivity contribution in [1.82, 2.24) is 0 Å². The van der Waals surface area contributed by atoms with Gasteiger partial charge >= 0.3 is 0 Å². The molecule has 0 fully saturated rings. The van der Waals surface area contributed by atoms with Crippen LogP contribution in [0.1, 0.15) is 19.8 Å². The molecule has 0 aromatic rings. The SMILES string of the molecule is CCCC(Cl)[Si](Cl)Cl. The first kappa shape index (κ1) is 9.09. The van der Waals surface area contributed by atoms with Crippen molar-refractivity contribution < 1.29 is 0 Å². The van der Waals surface area contributed by atoms with Crippen LogP contribution < -0.4 is 0 Å². The molecule has 0 aliphatic rings. The minimum absolute atomic E-state index is 0.0216. The van der Waals surface area contributed by atoms with Crippen LogP contribution in [0.25, 0.3) is 0 Å². The molecule has 0 saturated heterocycles. The fourth-order valence-electron chi connectivity index (χ4n) is 0.363. The van der Waals surface area contributed by atoms with Crippen LogP contribution in [0.4, 0.5) is 0 Å². The summed E-state index contributed by atoms with van der Waals surface area (Å²) in [6.07, 6.45) is 1.99. The molecule has 1 atom stereocenters.